The first-order valence-electron chi connectivity index (χ1n) is 9.86. The summed E-state index contributed by atoms with van der Waals surface area (Å²) in [6.07, 6.45) is 4.28. The van der Waals surface area contributed by atoms with Crippen molar-refractivity contribution >= 4 is 23.3 Å². The van der Waals surface area contributed by atoms with E-state index in [1.807, 2.05) is 49.4 Å². The molecule has 146 valence electrons. The number of ketones is 1. The third-order valence-electron chi connectivity index (χ3n) is 5.12. The van der Waals surface area contributed by atoms with Crippen LogP contribution >= 0.6 is 0 Å². The zero-order valence-corrected chi connectivity index (χ0v) is 16.2. The summed E-state index contributed by atoms with van der Waals surface area (Å²) in [7, 11) is 0. The van der Waals surface area contributed by atoms with Gasteiger partial charge in [-0.2, -0.15) is 0 Å². The molecule has 0 aromatic heterocycles. The summed E-state index contributed by atoms with van der Waals surface area (Å²) in [6.45, 7) is 1.91. The van der Waals surface area contributed by atoms with E-state index < -0.39 is 0 Å². The maximum Gasteiger partial charge on any atom is 0.243 e. The number of benzene rings is 2. The van der Waals surface area contributed by atoms with Gasteiger partial charge in [0.1, 0.15) is 0 Å². The van der Waals surface area contributed by atoms with Crippen molar-refractivity contribution in [3.8, 4) is 0 Å². The molecule has 28 heavy (non-hydrogen) atoms. The lowest BCUT2D eigenvalue weighted by atomic mass is 10.0. The minimum absolute atomic E-state index is 0.0359. The van der Waals surface area contributed by atoms with Crippen LogP contribution in [0.15, 0.2) is 42.5 Å². The van der Waals surface area contributed by atoms with Crippen molar-refractivity contribution in [2.75, 3.05) is 11.9 Å². The van der Waals surface area contributed by atoms with E-state index in [1.165, 1.54) is 11.1 Å². The molecule has 2 amide bonds. The Labute approximate surface area is 165 Å². The van der Waals surface area contributed by atoms with Gasteiger partial charge in [0.05, 0.1) is 6.54 Å². The minimum atomic E-state index is -0.298. The number of carbonyl (C=O) groups excluding carboxylic acids is 3. The normalized spacial score (nSPS) is 12.3. The molecular formula is C23H26N2O3. The predicted octanol–water partition coefficient (Wildman–Crippen LogP) is 3.46. The van der Waals surface area contributed by atoms with Gasteiger partial charge in [0, 0.05) is 24.1 Å². The molecule has 0 atom stereocenters. The van der Waals surface area contributed by atoms with Gasteiger partial charge >= 0.3 is 0 Å². The van der Waals surface area contributed by atoms with Gasteiger partial charge in [-0.1, -0.05) is 37.3 Å². The molecule has 0 unspecified atom stereocenters. The summed E-state index contributed by atoms with van der Waals surface area (Å²) in [6, 6.07) is 13.4. The minimum Gasteiger partial charge on any atom is -0.347 e. The van der Waals surface area contributed by atoms with Crippen LogP contribution in [0, 0.1) is 0 Å². The molecule has 5 heteroatoms. The third-order valence-corrected chi connectivity index (χ3v) is 5.12. The van der Waals surface area contributed by atoms with Crippen LogP contribution in [0.1, 0.15) is 53.2 Å². The maximum atomic E-state index is 12.3. The number of aryl methyl sites for hydroxylation is 3. The first-order chi connectivity index (χ1) is 13.6. The fourth-order valence-electron chi connectivity index (χ4n) is 3.53. The highest BCUT2D eigenvalue weighted by molar-refractivity contribution is 5.99. The fraction of sp³-hybridized carbons (Fsp3) is 0.348. The zero-order chi connectivity index (χ0) is 19.9. The van der Waals surface area contributed by atoms with Gasteiger partial charge in [0.2, 0.25) is 11.8 Å². The standard InChI is InChI=1S/C23H26N2O3/c1-2-16-6-3-4-9-20(16)25-23(28)15-24-22(27)13-12-21(26)19-11-10-17-7-5-8-18(17)14-19/h3-4,6,9-11,14H,2,5,7-8,12-13,15H2,1H3,(H,24,27)(H,25,28). The van der Waals surface area contributed by atoms with Crippen molar-refractivity contribution in [1.82, 2.24) is 5.32 Å². The topological polar surface area (TPSA) is 75.3 Å². The van der Waals surface area contributed by atoms with Gasteiger partial charge in [-0.25, -0.2) is 0 Å². The molecule has 0 bridgehead atoms. The summed E-state index contributed by atoms with van der Waals surface area (Å²) < 4.78 is 0. The summed E-state index contributed by atoms with van der Waals surface area (Å²) in [5, 5.41) is 5.40. The maximum absolute atomic E-state index is 12.3. The molecule has 0 aliphatic heterocycles. The monoisotopic (exact) mass is 378 g/mol. The van der Waals surface area contributed by atoms with Crippen LogP contribution in [0.2, 0.25) is 0 Å². The average Bonchev–Trinajstić information content (AvgIpc) is 3.18. The number of nitrogens with one attached hydrogen (secondary N) is 2. The van der Waals surface area contributed by atoms with Crippen LogP contribution in [0.4, 0.5) is 5.69 Å². The highest BCUT2D eigenvalue weighted by atomic mass is 16.2. The number of rotatable bonds is 8. The Morgan fingerprint density at radius 2 is 1.71 bits per heavy atom. The number of hydrogen-bond donors (Lipinski definition) is 2. The SMILES string of the molecule is CCc1ccccc1NC(=O)CNC(=O)CCC(=O)c1ccc2c(c1)CCC2. The van der Waals surface area contributed by atoms with Crippen molar-refractivity contribution in [1.29, 1.82) is 0 Å². The fourth-order valence-corrected chi connectivity index (χ4v) is 3.53. The van der Waals surface area contributed by atoms with Crippen LogP contribution in [0.25, 0.3) is 0 Å². The molecule has 0 spiro atoms. The zero-order valence-electron chi connectivity index (χ0n) is 16.2. The molecule has 0 heterocycles. The van der Waals surface area contributed by atoms with E-state index in [0.29, 0.717) is 5.56 Å². The number of carbonyl (C=O) groups is 3. The van der Waals surface area contributed by atoms with Crippen molar-refractivity contribution in [2.45, 2.75) is 45.4 Å². The Morgan fingerprint density at radius 1 is 0.929 bits per heavy atom. The second kappa shape index (κ2) is 9.31. The van der Waals surface area contributed by atoms with E-state index in [4.69, 9.17) is 0 Å². The Kier molecular flexibility index (Phi) is 6.58. The molecule has 2 aromatic carbocycles. The van der Waals surface area contributed by atoms with Gasteiger partial charge in [-0.3, -0.25) is 14.4 Å². The lowest BCUT2D eigenvalue weighted by Gasteiger charge is -2.10. The smallest absolute Gasteiger partial charge is 0.243 e. The number of Topliss-reactive ketones (excluding diaryl/α,β-unsaturated/α-hetero) is 1. The van der Waals surface area contributed by atoms with Crippen LogP contribution in [0.3, 0.4) is 0 Å². The molecule has 0 radical (unpaired) electrons. The van der Waals surface area contributed by atoms with Crippen molar-refractivity contribution in [3.05, 3.63) is 64.7 Å². The molecule has 1 aliphatic rings. The van der Waals surface area contributed by atoms with Crippen molar-refractivity contribution in [3.63, 3.8) is 0 Å². The molecule has 0 saturated carbocycles. The summed E-state index contributed by atoms with van der Waals surface area (Å²) in [5.74, 6) is -0.612. The largest absolute Gasteiger partial charge is 0.347 e. The van der Waals surface area contributed by atoms with Crippen molar-refractivity contribution < 1.29 is 14.4 Å². The molecule has 0 saturated heterocycles. The molecule has 5 nitrogen and oxygen atoms in total. The number of hydrogen-bond acceptors (Lipinski definition) is 3. The van der Waals surface area contributed by atoms with E-state index in [9.17, 15) is 14.4 Å². The molecular weight excluding hydrogens is 352 g/mol. The Hall–Kier alpha value is -2.95. The molecule has 0 fully saturated rings. The molecule has 2 aromatic rings. The lowest BCUT2D eigenvalue weighted by molar-refractivity contribution is -0.124. The van der Waals surface area contributed by atoms with Crippen LogP contribution in [-0.4, -0.2) is 24.1 Å². The van der Waals surface area contributed by atoms with Gasteiger partial charge in [-0.05, 0) is 54.5 Å². The van der Waals surface area contributed by atoms with Gasteiger partial charge in [-0.15, -0.1) is 0 Å². The third kappa shape index (κ3) is 5.06. The van der Waals surface area contributed by atoms with E-state index >= 15 is 0 Å². The predicted molar refractivity (Wildman–Crippen MR) is 109 cm³/mol. The van der Waals surface area contributed by atoms with Crippen LogP contribution in [-0.2, 0) is 28.9 Å². The quantitative estimate of drug-likeness (QED) is 0.691. The first kappa shape index (κ1) is 19.8. The number of amides is 2. The summed E-state index contributed by atoms with van der Waals surface area (Å²) in [5.41, 5.74) is 5.05. The van der Waals surface area contributed by atoms with Gasteiger partial charge < -0.3 is 10.6 Å². The Bertz CT molecular complexity index is 889. The number of para-hydroxylation sites is 1. The Morgan fingerprint density at radius 3 is 2.54 bits per heavy atom. The molecule has 1 aliphatic carbocycles. The Balaban J connectivity index is 1.43. The van der Waals surface area contributed by atoms with Gasteiger partial charge in [0.25, 0.3) is 0 Å². The van der Waals surface area contributed by atoms with E-state index in [1.54, 1.807) is 0 Å². The first-order valence-corrected chi connectivity index (χ1v) is 9.86. The highest BCUT2D eigenvalue weighted by Gasteiger charge is 2.15. The van der Waals surface area contributed by atoms with Crippen LogP contribution in [0.5, 0.6) is 0 Å². The number of anilines is 1. The lowest BCUT2D eigenvalue weighted by Crippen LogP contribution is -2.33. The van der Waals surface area contributed by atoms with Crippen molar-refractivity contribution in [2.24, 2.45) is 0 Å². The number of fused-ring (bicyclic) bond motifs is 1. The second-order valence-corrected chi connectivity index (χ2v) is 7.10. The highest BCUT2D eigenvalue weighted by Crippen LogP contribution is 2.23. The summed E-state index contributed by atoms with van der Waals surface area (Å²) >= 11 is 0. The van der Waals surface area contributed by atoms with Crippen LogP contribution < -0.4 is 10.6 Å². The average molecular weight is 378 g/mol. The molecule has 3 rings (SSSR count). The summed E-state index contributed by atoms with van der Waals surface area (Å²) in [4.78, 5) is 36.4. The second-order valence-electron chi connectivity index (χ2n) is 7.10. The van der Waals surface area contributed by atoms with E-state index in [-0.39, 0.29) is 37.0 Å². The van der Waals surface area contributed by atoms with E-state index in [0.717, 1.165) is 36.9 Å². The van der Waals surface area contributed by atoms with Gasteiger partial charge in [0.15, 0.2) is 5.78 Å². The molecule has 2 N–H and O–H groups in total. The van der Waals surface area contributed by atoms with E-state index in [2.05, 4.69) is 10.6 Å².